The van der Waals surface area contributed by atoms with Gasteiger partial charge in [-0.05, 0) is 64.0 Å². The zero-order chi connectivity index (χ0) is 18.1. The molecule has 0 unspecified atom stereocenters. The molecule has 7 heteroatoms. The maximum atomic E-state index is 11.2. The SMILES string of the molecule is CNCC(=Cc1cc(C(=O)O)ccc1Cl)B1OC(C)(C)C(C)(C)O1. The monoisotopic (exact) mass is 351 g/mol. The third-order valence-corrected chi connectivity index (χ3v) is 4.86. The Kier molecular flexibility index (Phi) is 5.45. The van der Waals surface area contributed by atoms with Crippen molar-refractivity contribution in [2.24, 2.45) is 0 Å². The van der Waals surface area contributed by atoms with Gasteiger partial charge in [-0.25, -0.2) is 4.79 Å². The fourth-order valence-electron chi connectivity index (χ4n) is 2.39. The molecule has 1 aliphatic heterocycles. The maximum Gasteiger partial charge on any atom is 0.491 e. The first kappa shape index (κ1) is 19.0. The number of carboxylic acids is 1. The van der Waals surface area contributed by atoms with E-state index in [9.17, 15) is 4.79 Å². The molecule has 1 heterocycles. The molecule has 0 saturated carbocycles. The van der Waals surface area contributed by atoms with Crippen molar-refractivity contribution >= 4 is 30.8 Å². The van der Waals surface area contributed by atoms with Gasteiger partial charge in [-0.1, -0.05) is 17.7 Å². The Labute approximate surface area is 148 Å². The quantitative estimate of drug-likeness (QED) is 0.797. The molecule has 0 aromatic heterocycles. The Balaban J connectivity index is 2.40. The molecule has 1 aliphatic rings. The number of benzene rings is 1. The lowest BCUT2D eigenvalue weighted by atomic mass is 9.77. The average Bonchev–Trinajstić information content (AvgIpc) is 2.68. The second kappa shape index (κ2) is 6.88. The number of carboxylic acid groups (broad SMARTS) is 1. The Hall–Kier alpha value is -1.34. The first-order valence-corrected chi connectivity index (χ1v) is 8.19. The Bertz CT molecular complexity index is 657. The van der Waals surface area contributed by atoms with Crippen LogP contribution in [-0.2, 0) is 9.31 Å². The van der Waals surface area contributed by atoms with Gasteiger partial charge < -0.3 is 19.7 Å². The number of likely N-dealkylation sites (N-methyl/N-ethyl adjacent to an activating group) is 1. The molecule has 1 saturated heterocycles. The first-order valence-electron chi connectivity index (χ1n) is 7.81. The van der Waals surface area contributed by atoms with Gasteiger partial charge in [0.15, 0.2) is 0 Å². The van der Waals surface area contributed by atoms with Crippen LogP contribution < -0.4 is 5.32 Å². The number of hydrogen-bond donors (Lipinski definition) is 2. The predicted molar refractivity (Wildman–Crippen MR) is 96.4 cm³/mol. The summed E-state index contributed by atoms with van der Waals surface area (Å²) < 4.78 is 12.2. The Morgan fingerprint density at radius 2 is 1.88 bits per heavy atom. The van der Waals surface area contributed by atoms with E-state index in [1.807, 2.05) is 40.8 Å². The van der Waals surface area contributed by atoms with Gasteiger partial charge in [0.25, 0.3) is 0 Å². The molecular formula is C17H23BClNO4. The number of hydrogen-bond acceptors (Lipinski definition) is 4. The third kappa shape index (κ3) is 3.83. The summed E-state index contributed by atoms with van der Waals surface area (Å²) in [5.41, 5.74) is 0.759. The third-order valence-electron chi connectivity index (χ3n) is 4.52. The van der Waals surface area contributed by atoms with Crippen molar-refractivity contribution in [2.75, 3.05) is 13.6 Å². The number of rotatable bonds is 5. The molecule has 0 spiro atoms. The first-order chi connectivity index (χ1) is 11.1. The molecule has 0 amide bonds. The van der Waals surface area contributed by atoms with E-state index in [1.54, 1.807) is 12.1 Å². The summed E-state index contributed by atoms with van der Waals surface area (Å²) in [6.45, 7) is 8.48. The molecule has 2 N–H and O–H groups in total. The summed E-state index contributed by atoms with van der Waals surface area (Å²) in [7, 11) is 1.31. The van der Waals surface area contributed by atoms with E-state index in [0.717, 1.165) is 5.47 Å². The predicted octanol–water partition coefficient (Wildman–Crippen LogP) is 3.27. The fraction of sp³-hybridized carbons (Fsp3) is 0.471. The van der Waals surface area contributed by atoms with Gasteiger partial charge in [0, 0.05) is 11.6 Å². The molecule has 24 heavy (non-hydrogen) atoms. The lowest BCUT2D eigenvalue weighted by Gasteiger charge is -2.32. The zero-order valence-corrected chi connectivity index (χ0v) is 15.4. The molecule has 1 aromatic carbocycles. The molecule has 2 rings (SSSR count). The van der Waals surface area contributed by atoms with Gasteiger partial charge in [-0.3, -0.25) is 0 Å². The summed E-state index contributed by atoms with van der Waals surface area (Å²) in [5.74, 6) is -0.993. The summed E-state index contributed by atoms with van der Waals surface area (Å²) in [5, 5.41) is 12.7. The standard InChI is InChI=1S/C17H23BClNO4/c1-16(2)17(3,4)24-18(23-16)13(10-20-5)9-12-8-11(15(21)22)6-7-14(12)19/h6-9,20H,10H2,1-5H3,(H,21,22). The molecular weight excluding hydrogens is 328 g/mol. The molecule has 0 radical (unpaired) electrons. The lowest BCUT2D eigenvalue weighted by molar-refractivity contribution is 0.00578. The Morgan fingerprint density at radius 1 is 1.29 bits per heavy atom. The van der Waals surface area contributed by atoms with Gasteiger partial charge in [0.2, 0.25) is 0 Å². The van der Waals surface area contributed by atoms with Crippen LogP contribution >= 0.6 is 11.6 Å². The van der Waals surface area contributed by atoms with Crippen molar-refractivity contribution in [3.8, 4) is 0 Å². The highest BCUT2D eigenvalue weighted by atomic mass is 35.5. The molecule has 0 aliphatic carbocycles. The minimum absolute atomic E-state index is 0.184. The Morgan fingerprint density at radius 3 is 2.38 bits per heavy atom. The highest BCUT2D eigenvalue weighted by Crippen LogP contribution is 2.39. The molecule has 5 nitrogen and oxygen atoms in total. The van der Waals surface area contributed by atoms with E-state index in [2.05, 4.69) is 5.32 Å². The molecule has 1 fully saturated rings. The number of nitrogens with one attached hydrogen (secondary N) is 1. The molecule has 1 aromatic rings. The molecule has 0 bridgehead atoms. The second-order valence-electron chi connectivity index (χ2n) is 6.88. The van der Waals surface area contributed by atoms with E-state index in [0.29, 0.717) is 17.1 Å². The van der Waals surface area contributed by atoms with Crippen molar-refractivity contribution < 1.29 is 19.2 Å². The van der Waals surface area contributed by atoms with Crippen LogP contribution in [0.4, 0.5) is 0 Å². The minimum Gasteiger partial charge on any atom is -0.478 e. The number of carbonyl (C=O) groups is 1. The summed E-state index contributed by atoms with van der Waals surface area (Å²) >= 11 is 6.22. The minimum atomic E-state index is -0.993. The van der Waals surface area contributed by atoms with Gasteiger partial charge in [-0.2, -0.15) is 0 Å². The van der Waals surface area contributed by atoms with Gasteiger partial charge in [0.1, 0.15) is 0 Å². The van der Waals surface area contributed by atoms with Gasteiger partial charge in [0.05, 0.1) is 16.8 Å². The number of halogens is 1. The second-order valence-corrected chi connectivity index (χ2v) is 7.29. The molecule has 0 atom stereocenters. The van der Waals surface area contributed by atoms with Gasteiger partial charge >= 0.3 is 13.1 Å². The van der Waals surface area contributed by atoms with Crippen molar-refractivity contribution in [1.82, 2.24) is 5.32 Å². The lowest BCUT2D eigenvalue weighted by Crippen LogP contribution is -2.41. The summed E-state index contributed by atoms with van der Waals surface area (Å²) in [6.07, 6.45) is 1.83. The normalized spacial score (nSPS) is 19.6. The average molecular weight is 352 g/mol. The van der Waals surface area contributed by atoms with Crippen LogP contribution in [0.25, 0.3) is 6.08 Å². The van der Waals surface area contributed by atoms with Crippen molar-refractivity contribution in [3.63, 3.8) is 0 Å². The topological polar surface area (TPSA) is 67.8 Å². The van der Waals surface area contributed by atoms with Crippen LogP contribution in [0.1, 0.15) is 43.6 Å². The smallest absolute Gasteiger partial charge is 0.478 e. The van der Waals surface area contributed by atoms with Crippen LogP contribution in [0.5, 0.6) is 0 Å². The van der Waals surface area contributed by atoms with Crippen molar-refractivity contribution in [2.45, 2.75) is 38.9 Å². The fourth-order valence-corrected chi connectivity index (χ4v) is 2.56. The molecule has 130 valence electrons. The van der Waals surface area contributed by atoms with Crippen molar-refractivity contribution in [1.29, 1.82) is 0 Å². The van der Waals surface area contributed by atoms with E-state index in [1.165, 1.54) is 6.07 Å². The van der Waals surface area contributed by atoms with Crippen LogP contribution in [0, 0.1) is 0 Å². The van der Waals surface area contributed by atoms with Crippen molar-refractivity contribution in [3.05, 3.63) is 39.8 Å². The van der Waals surface area contributed by atoms with E-state index in [-0.39, 0.29) is 5.56 Å². The zero-order valence-electron chi connectivity index (χ0n) is 14.6. The highest BCUT2D eigenvalue weighted by molar-refractivity contribution is 6.56. The van der Waals surface area contributed by atoms with Crippen LogP contribution in [0.15, 0.2) is 23.7 Å². The largest absolute Gasteiger partial charge is 0.491 e. The summed E-state index contributed by atoms with van der Waals surface area (Å²) in [6, 6.07) is 4.61. The van der Waals surface area contributed by atoms with Crippen LogP contribution in [-0.4, -0.2) is 43.0 Å². The van der Waals surface area contributed by atoms with Crippen LogP contribution in [0.3, 0.4) is 0 Å². The highest BCUT2D eigenvalue weighted by Gasteiger charge is 2.52. The summed E-state index contributed by atoms with van der Waals surface area (Å²) in [4.78, 5) is 11.2. The van der Waals surface area contributed by atoms with E-state index < -0.39 is 24.3 Å². The van der Waals surface area contributed by atoms with E-state index in [4.69, 9.17) is 26.0 Å². The van der Waals surface area contributed by atoms with Crippen LogP contribution in [0.2, 0.25) is 5.02 Å². The maximum absolute atomic E-state index is 11.2. The van der Waals surface area contributed by atoms with E-state index >= 15 is 0 Å². The number of aromatic carboxylic acids is 1. The van der Waals surface area contributed by atoms with Gasteiger partial charge in [-0.15, -0.1) is 0 Å².